The van der Waals surface area contributed by atoms with E-state index in [0.29, 0.717) is 0 Å². The molecule has 0 saturated carbocycles. The van der Waals surface area contributed by atoms with E-state index in [-0.39, 0.29) is 4.90 Å². The minimum absolute atomic E-state index is 0.0741. The predicted molar refractivity (Wildman–Crippen MR) is 96.1 cm³/mol. The van der Waals surface area contributed by atoms with Gasteiger partial charge in [0.2, 0.25) is 0 Å². The Morgan fingerprint density at radius 1 is 0.783 bits per heavy atom. The Bertz CT molecular complexity index is 658. The monoisotopic (exact) mass is 336 g/mol. The van der Waals surface area contributed by atoms with E-state index in [1.807, 2.05) is 0 Å². The highest BCUT2D eigenvalue weighted by Gasteiger charge is 2.23. The fourth-order valence-electron chi connectivity index (χ4n) is 2.56. The van der Waals surface area contributed by atoms with E-state index in [4.69, 9.17) is 4.55 Å². The van der Waals surface area contributed by atoms with Crippen LogP contribution >= 0.6 is 0 Å². The molecular weight excluding hydrogens is 310 g/mol. The number of benzene rings is 2. The quantitative estimate of drug-likeness (QED) is 0.663. The summed E-state index contributed by atoms with van der Waals surface area (Å²) in [6, 6.07) is 18.2. The second kappa shape index (κ2) is 8.82. The number of quaternary nitrogens is 1. The van der Waals surface area contributed by atoms with Crippen LogP contribution in [0.4, 0.5) is 5.69 Å². The summed E-state index contributed by atoms with van der Waals surface area (Å²) in [6.45, 7) is 10.3. The van der Waals surface area contributed by atoms with Gasteiger partial charge >= 0.3 is 0 Å². The van der Waals surface area contributed by atoms with Crippen LogP contribution in [0.2, 0.25) is 0 Å². The molecule has 5 heteroatoms. The van der Waals surface area contributed by atoms with Crippen molar-refractivity contribution in [1.82, 2.24) is 4.48 Å². The van der Waals surface area contributed by atoms with Crippen molar-refractivity contribution in [2.45, 2.75) is 25.7 Å². The summed E-state index contributed by atoms with van der Waals surface area (Å²) in [5.41, 5.74) is 1.44. The third kappa shape index (κ3) is 5.46. The summed E-state index contributed by atoms with van der Waals surface area (Å²) in [7, 11) is -4.00. The van der Waals surface area contributed by atoms with E-state index in [1.165, 1.54) is 37.5 Å². The minimum Gasteiger partial charge on any atom is -0.292 e. The minimum atomic E-state index is -4.00. The van der Waals surface area contributed by atoms with E-state index in [0.717, 1.165) is 4.48 Å². The molecule has 0 aromatic heterocycles. The highest BCUT2D eigenvalue weighted by atomic mass is 32.2. The van der Waals surface area contributed by atoms with Crippen LogP contribution in [0.3, 0.4) is 0 Å². The first-order valence-corrected chi connectivity index (χ1v) is 9.28. The molecule has 0 atom stereocenters. The van der Waals surface area contributed by atoms with E-state index >= 15 is 0 Å². The molecule has 0 radical (unpaired) electrons. The molecule has 0 aliphatic heterocycles. The molecule has 2 aromatic rings. The third-order valence-electron chi connectivity index (χ3n) is 4.16. The lowest BCUT2D eigenvalue weighted by atomic mass is 10.2. The average molecular weight is 336 g/mol. The van der Waals surface area contributed by atoms with E-state index in [9.17, 15) is 8.42 Å². The van der Waals surface area contributed by atoms with Gasteiger partial charge in [-0.15, -0.1) is 0 Å². The van der Waals surface area contributed by atoms with Gasteiger partial charge in [0.25, 0.3) is 10.1 Å². The number of para-hydroxylation sites is 1. The topological polar surface area (TPSA) is 54.4 Å². The molecule has 0 bridgehead atoms. The largest absolute Gasteiger partial charge is 0.294 e. The smallest absolute Gasteiger partial charge is 0.292 e. The Balaban J connectivity index is 0.000000238. The van der Waals surface area contributed by atoms with Crippen LogP contribution in [0.25, 0.3) is 0 Å². The number of nitrogens with zero attached hydrogens (tertiary/aromatic N) is 1. The van der Waals surface area contributed by atoms with Gasteiger partial charge in [-0.2, -0.15) is 8.42 Å². The van der Waals surface area contributed by atoms with Crippen molar-refractivity contribution < 1.29 is 13.0 Å². The van der Waals surface area contributed by atoms with Crippen LogP contribution in [0.1, 0.15) is 20.8 Å². The van der Waals surface area contributed by atoms with Crippen LogP contribution in [0.5, 0.6) is 0 Å². The summed E-state index contributed by atoms with van der Waals surface area (Å²) in [5.74, 6) is 0. The highest BCUT2D eigenvalue weighted by molar-refractivity contribution is 7.85. The van der Waals surface area contributed by atoms with Crippen molar-refractivity contribution in [2.75, 3.05) is 19.6 Å². The molecule has 0 amide bonds. The third-order valence-corrected chi connectivity index (χ3v) is 5.03. The van der Waals surface area contributed by atoms with Crippen molar-refractivity contribution >= 4 is 15.8 Å². The van der Waals surface area contributed by atoms with Crippen LogP contribution < -0.4 is 4.48 Å². The van der Waals surface area contributed by atoms with Crippen molar-refractivity contribution in [3.63, 3.8) is 0 Å². The Hall–Kier alpha value is -1.69. The number of hydrogen-bond donors (Lipinski definition) is 1. The van der Waals surface area contributed by atoms with Crippen LogP contribution in [-0.4, -0.2) is 32.6 Å². The van der Waals surface area contributed by atoms with Gasteiger partial charge in [-0.1, -0.05) is 36.4 Å². The summed E-state index contributed by atoms with van der Waals surface area (Å²) >= 11 is 0. The lowest BCUT2D eigenvalue weighted by Crippen LogP contribution is -2.48. The molecule has 23 heavy (non-hydrogen) atoms. The Labute approximate surface area is 139 Å². The zero-order valence-electron chi connectivity index (χ0n) is 14.0. The molecule has 0 saturated heterocycles. The van der Waals surface area contributed by atoms with Crippen LogP contribution in [0, 0.1) is 0 Å². The van der Waals surface area contributed by atoms with Crippen molar-refractivity contribution in [2.24, 2.45) is 0 Å². The van der Waals surface area contributed by atoms with Gasteiger partial charge in [-0.3, -0.25) is 9.04 Å². The predicted octanol–water partition coefficient (Wildman–Crippen LogP) is 3.99. The lowest BCUT2D eigenvalue weighted by molar-refractivity contribution is 0.316. The fourth-order valence-corrected chi connectivity index (χ4v) is 3.06. The summed E-state index contributed by atoms with van der Waals surface area (Å²) < 4.78 is 30.3. The second-order valence-electron chi connectivity index (χ2n) is 5.22. The van der Waals surface area contributed by atoms with Gasteiger partial charge in [-0.05, 0) is 45.0 Å². The maximum atomic E-state index is 10.4. The number of hydrogen-bond acceptors (Lipinski definition) is 2. The van der Waals surface area contributed by atoms with Crippen LogP contribution in [-0.2, 0) is 10.1 Å². The van der Waals surface area contributed by atoms with Gasteiger partial charge < -0.3 is 0 Å². The first-order valence-electron chi connectivity index (χ1n) is 7.84. The zero-order chi connectivity index (χ0) is 17.3. The molecule has 1 N–H and O–H groups in total. The summed E-state index contributed by atoms with van der Waals surface area (Å²) in [5, 5.41) is 0. The van der Waals surface area contributed by atoms with Crippen molar-refractivity contribution in [3.8, 4) is 0 Å². The van der Waals surface area contributed by atoms with Crippen LogP contribution in [0.15, 0.2) is 65.6 Å². The normalized spacial score (nSPS) is 11.5. The molecule has 0 aliphatic carbocycles. The van der Waals surface area contributed by atoms with Gasteiger partial charge in [-0.25, -0.2) is 0 Å². The molecule has 0 heterocycles. The maximum absolute atomic E-state index is 10.4. The molecule has 2 aromatic carbocycles. The molecule has 0 aliphatic rings. The van der Waals surface area contributed by atoms with Crippen molar-refractivity contribution in [3.05, 3.63) is 60.7 Å². The van der Waals surface area contributed by atoms with E-state index < -0.39 is 10.1 Å². The Kier molecular flexibility index (Phi) is 7.42. The molecule has 0 spiro atoms. The Morgan fingerprint density at radius 2 is 1.17 bits per heavy atom. The Morgan fingerprint density at radius 3 is 1.48 bits per heavy atom. The fraction of sp³-hybridized carbons (Fsp3) is 0.333. The molecule has 0 fully saturated rings. The molecule has 0 unspecified atom stereocenters. The van der Waals surface area contributed by atoms with Gasteiger partial charge in [0.1, 0.15) is 5.69 Å². The first kappa shape index (κ1) is 19.4. The van der Waals surface area contributed by atoms with Gasteiger partial charge in [0.05, 0.1) is 24.5 Å². The summed E-state index contributed by atoms with van der Waals surface area (Å²) in [6.07, 6.45) is 0. The SMILES string of the molecule is CC[N+](CC)(CC)c1ccccc1.O=S(=O)(O)c1ccccc1. The maximum Gasteiger partial charge on any atom is 0.294 e. The second-order valence-corrected chi connectivity index (χ2v) is 6.64. The zero-order valence-corrected chi connectivity index (χ0v) is 14.8. The molecule has 126 valence electrons. The van der Waals surface area contributed by atoms with Gasteiger partial charge in [0.15, 0.2) is 0 Å². The van der Waals surface area contributed by atoms with E-state index in [1.54, 1.807) is 18.2 Å². The highest BCUT2D eigenvalue weighted by Crippen LogP contribution is 2.21. The average Bonchev–Trinajstić information content (AvgIpc) is 2.59. The van der Waals surface area contributed by atoms with E-state index in [2.05, 4.69) is 51.1 Å². The molecule has 4 nitrogen and oxygen atoms in total. The summed E-state index contributed by atoms with van der Waals surface area (Å²) in [4.78, 5) is -0.0741. The number of rotatable bonds is 5. The molecule has 2 rings (SSSR count). The lowest BCUT2D eigenvalue weighted by Gasteiger charge is -2.35. The molecular formula is C18H26NO3S+. The van der Waals surface area contributed by atoms with Gasteiger partial charge in [0, 0.05) is 0 Å². The standard InChI is InChI=1S/C12H20N.C6H6O3S/c1-4-13(5-2,6-3)12-10-8-7-9-11-12;7-10(8,9)6-4-2-1-3-5-6/h7-11H,4-6H2,1-3H3;1-5H,(H,7,8,9)/q+1;. The first-order chi connectivity index (χ1) is 10.9. The van der Waals surface area contributed by atoms with Crippen molar-refractivity contribution in [1.29, 1.82) is 0 Å².